The van der Waals surface area contributed by atoms with Crippen LogP contribution in [0.5, 0.6) is 0 Å². The molecule has 1 saturated heterocycles. The van der Waals surface area contributed by atoms with E-state index in [2.05, 4.69) is 21.8 Å². The topological polar surface area (TPSA) is 29.0 Å². The van der Waals surface area contributed by atoms with E-state index in [0.29, 0.717) is 5.15 Å². The second-order valence-electron chi connectivity index (χ2n) is 4.51. The summed E-state index contributed by atoms with van der Waals surface area (Å²) in [6.07, 6.45) is 3.39. The van der Waals surface area contributed by atoms with Crippen molar-refractivity contribution in [1.29, 1.82) is 0 Å². The van der Waals surface area contributed by atoms with Gasteiger partial charge in [0.25, 0.3) is 0 Å². The molecule has 1 atom stereocenters. The molecule has 0 saturated carbocycles. The minimum atomic E-state index is 0.556. The molecule has 1 aromatic heterocycles. The first-order chi connectivity index (χ1) is 7.69. The fourth-order valence-corrected chi connectivity index (χ4v) is 2.36. The van der Waals surface area contributed by atoms with Crippen molar-refractivity contribution in [2.45, 2.75) is 33.1 Å². The maximum absolute atomic E-state index is 6.01. The zero-order chi connectivity index (χ0) is 11.5. The van der Waals surface area contributed by atoms with Crippen LogP contribution in [0, 0.1) is 5.92 Å². The fourth-order valence-electron chi connectivity index (χ4n) is 2.17. The third-order valence-electron chi connectivity index (χ3n) is 3.02. The maximum atomic E-state index is 6.01. The Morgan fingerprint density at radius 1 is 1.50 bits per heavy atom. The van der Waals surface area contributed by atoms with Gasteiger partial charge in [-0.15, -0.1) is 0 Å². The molecule has 1 fully saturated rings. The highest BCUT2D eigenvalue weighted by Gasteiger charge is 2.18. The molecule has 1 aromatic rings. The first-order valence-electron chi connectivity index (χ1n) is 5.97. The lowest BCUT2D eigenvalue weighted by atomic mass is 10.0. The zero-order valence-corrected chi connectivity index (χ0v) is 10.7. The molecule has 0 aliphatic carbocycles. The third-order valence-corrected chi connectivity index (χ3v) is 3.22. The number of nitrogens with zero attached hydrogens (tertiary/aromatic N) is 3. The normalized spacial score (nSPS) is 21.2. The van der Waals surface area contributed by atoms with E-state index in [1.54, 1.807) is 0 Å². The Morgan fingerprint density at radius 2 is 2.31 bits per heavy atom. The van der Waals surface area contributed by atoms with Crippen molar-refractivity contribution in [1.82, 2.24) is 9.97 Å². The Morgan fingerprint density at radius 3 is 3.00 bits per heavy atom. The van der Waals surface area contributed by atoms with Crippen LogP contribution in [0.1, 0.15) is 32.5 Å². The highest BCUT2D eigenvalue weighted by atomic mass is 35.5. The molecular weight excluding hydrogens is 222 g/mol. The summed E-state index contributed by atoms with van der Waals surface area (Å²) in [7, 11) is 0. The molecule has 0 bridgehead atoms. The SMILES string of the molecule is CCc1nc(Cl)cc(N2CCCC(C)C2)n1. The van der Waals surface area contributed by atoms with Gasteiger partial charge in [-0.2, -0.15) is 0 Å². The van der Waals surface area contributed by atoms with Crippen LogP contribution < -0.4 is 4.90 Å². The molecule has 0 N–H and O–H groups in total. The highest BCUT2D eigenvalue weighted by Crippen LogP contribution is 2.23. The van der Waals surface area contributed by atoms with Gasteiger partial charge in [-0.05, 0) is 18.8 Å². The first kappa shape index (κ1) is 11.6. The quantitative estimate of drug-likeness (QED) is 0.744. The number of hydrogen-bond acceptors (Lipinski definition) is 3. The number of piperidine rings is 1. The average molecular weight is 240 g/mol. The molecule has 1 unspecified atom stereocenters. The van der Waals surface area contributed by atoms with Crippen molar-refractivity contribution in [2.75, 3.05) is 18.0 Å². The van der Waals surface area contributed by atoms with Crippen LogP contribution in [0.3, 0.4) is 0 Å². The summed E-state index contributed by atoms with van der Waals surface area (Å²) in [4.78, 5) is 11.1. The molecular formula is C12H18ClN3. The Labute approximate surface area is 102 Å². The molecule has 1 aliphatic rings. The summed E-state index contributed by atoms with van der Waals surface area (Å²) in [6.45, 7) is 6.50. The molecule has 0 aromatic carbocycles. The van der Waals surface area contributed by atoms with Crippen LogP contribution in [-0.2, 0) is 6.42 Å². The molecule has 3 nitrogen and oxygen atoms in total. The summed E-state index contributed by atoms with van der Waals surface area (Å²) < 4.78 is 0. The minimum absolute atomic E-state index is 0.556. The van der Waals surface area contributed by atoms with Crippen molar-refractivity contribution in [3.05, 3.63) is 17.0 Å². The summed E-state index contributed by atoms with van der Waals surface area (Å²) in [5.74, 6) is 2.57. The van der Waals surface area contributed by atoms with Gasteiger partial charge >= 0.3 is 0 Å². The Kier molecular flexibility index (Phi) is 3.64. The lowest BCUT2D eigenvalue weighted by molar-refractivity contribution is 0.444. The second kappa shape index (κ2) is 5.00. The number of halogens is 1. The van der Waals surface area contributed by atoms with Crippen molar-refractivity contribution < 1.29 is 0 Å². The Hall–Kier alpha value is -0.830. The summed E-state index contributed by atoms with van der Waals surface area (Å²) in [5, 5.41) is 0.556. The van der Waals surface area contributed by atoms with Gasteiger partial charge < -0.3 is 4.90 Å². The van der Waals surface area contributed by atoms with E-state index in [9.17, 15) is 0 Å². The van der Waals surface area contributed by atoms with E-state index in [0.717, 1.165) is 37.1 Å². The van der Waals surface area contributed by atoms with Crippen LogP contribution in [-0.4, -0.2) is 23.1 Å². The predicted octanol–water partition coefficient (Wildman–Crippen LogP) is 2.93. The molecule has 2 rings (SSSR count). The molecule has 0 spiro atoms. The number of rotatable bonds is 2. The van der Waals surface area contributed by atoms with Crippen LogP contribution in [0.4, 0.5) is 5.82 Å². The van der Waals surface area contributed by atoms with Crippen molar-refractivity contribution >= 4 is 17.4 Å². The van der Waals surface area contributed by atoms with Crippen LogP contribution >= 0.6 is 11.6 Å². The summed E-state index contributed by atoms with van der Waals surface area (Å²) in [6, 6.07) is 1.87. The maximum Gasteiger partial charge on any atom is 0.134 e. The molecule has 0 amide bonds. The average Bonchev–Trinajstić information content (AvgIpc) is 2.28. The van der Waals surface area contributed by atoms with Crippen molar-refractivity contribution in [3.63, 3.8) is 0 Å². The van der Waals surface area contributed by atoms with Crippen molar-refractivity contribution in [3.8, 4) is 0 Å². The Balaban J connectivity index is 2.21. The standard InChI is InChI=1S/C12H18ClN3/c1-3-11-14-10(13)7-12(15-11)16-6-4-5-9(2)8-16/h7,9H,3-6,8H2,1-2H3. The largest absolute Gasteiger partial charge is 0.356 e. The third kappa shape index (κ3) is 2.64. The van der Waals surface area contributed by atoms with E-state index in [1.807, 2.05) is 13.0 Å². The van der Waals surface area contributed by atoms with Gasteiger partial charge in [-0.1, -0.05) is 25.4 Å². The van der Waals surface area contributed by atoms with Gasteiger partial charge in [0.1, 0.15) is 16.8 Å². The first-order valence-corrected chi connectivity index (χ1v) is 6.35. The number of anilines is 1. The van der Waals surface area contributed by atoms with E-state index < -0.39 is 0 Å². The highest BCUT2D eigenvalue weighted by molar-refractivity contribution is 6.29. The molecule has 88 valence electrons. The van der Waals surface area contributed by atoms with Crippen molar-refractivity contribution in [2.24, 2.45) is 5.92 Å². The van der Waals surface area contributed by atoms with Crippen LogP contribution in [0.15, 0.2) is 6.07 Å². The van der Waals surface area contributed by atoms with Gasteiger partial charge in [0.15, 0.2) is 0 Å². The monoisotopic (exact) mass is 239 g/mol. The minimum Gasteiger partial charge on any atom is -0.356 e. The summed E-state index contributed by atoms with van der Waals surface area (Å²) in [5.41, 5.74) is 0. The van der Waals surface area contributed by atoms with Gasteiger partial charge in [-0.25, -0.2) is 9.97 Å². The molecule has 1 aliphatic heterocycles. The fraction of sp³-hybridized carbons (Fsp3) is 0.667. The van der Waals surface area contributed by atoms with E-state index in [1.165, 1.54) is 12.8 Å². The van der Waals surface area contributed by atoms with Gasteiger partial charge in [-0.3, -0.25) is 0 Å². The van der Waals surface area contributed by atoms with Gasteiger partial charge in [0.05, 0.1) is 0 Å². The smallest absolute Gasteiger partial charge is 0.134 e. The number of aryl methyl sites for hydroxylation is 1. The second-order valence-corrected chi connectivity index (χ2v) is 4.90. The zero-order valence-electron chi connectivity index (χ0n) is 9.91. The molecule has 16 heavy (non-hydrogen) atoms. The van der Waals surface area contributed by atoms with E-state index >= 15 is 0 Å². The molecule has 4 heteroatoms. The summed E-state index contributed by atoms with van der Waals surface area (Å²) >= 11 is 6.01. The number of hydrogen-bond donors (Lipinski definition) is 0. The van der Waals surface area contributed by atoms with Gasteiger partial charge in [0, 0.05) is 25.6 Å². The van der Waals surface area contributed by atoms with Gasteiger partial charge in [0.2, 0.25) is 0 Å². The van der Waals surface area contributed by atoms with E-state index in [4.69, 9.17) is 11.6 Å². The lowest BCUT2D eigenvalue weighted by Gasteiger charge is -2.32. The molecule has 2 heterocycles. The van der Waals surface area contributed by atoms with Crippen LogP contribution in [0.25, 0.3) is 0 Å². The molecule has 0 radical (unpaired) electrons. The lowest BCUT2D eigenvalue weighted by Crippen LogP contribution is -2.35. The van der Waals surface area contributed by atoms with Crippen LogP contribution in [0.2, 0.25) is 5.15 Å². The Bertz CT molecular complexity index is 367. The van der Waals surface area contributed by atoms with E-state index in [-0.39, 0.29) is 0 Å². The number of aromatic nitrogens is 2. The predicted molar refractivity (Wildman–Crippen MR) is 67.0 cm³/mol.